The number of unbranched alkanes of at least 4 members (excludes halogenated alkanes) is 2. The minimum Gasteiger partial charge on any atom is -0.464 e. The Morgan fingerprint density at radius 2 is 1.79 bits per heavy atom. The fourth-order valence-electron chi connectivity index (χ4n) is 1.97. The smallest absolute Gasteiger partial charge is 0.329 e. The van der Waals surface area contributed by atoms with Gasteiger partial charge in [-0.3, -0.25) is 14.5 Å². The van der Waals surface area contributed by atoms with Gasteiger partial charge in [0.2, 0.25) is 0 Å². The number of rotatable bonds is 7. The Kier molecular flexibility index (Phi) is 5.73. The van der Waals surface area contributed by atoms with Gasteiger partial charge in [-0.05, 0) is 12.3 Å². The summed E-state index contributed by atoms with van der Waals surface area (Å²) in [6.07, 6.45) is 5.19. The summed E-state index contributed by atoms with van der Waals surface area (Å²) < 4.78 is 5.16. The maximum Gasteiger partial charge on any atom is 0.329 e. The van der Waals surface area contributed by atoms with Gasteiger partial charge in [0.05, 0.1) is 6.61 Å². The lowest BCUT2D eigenvalue weighted by atomic mass is 10.0. The highest BCUT2D eigenvalue weighted by molar-refractivity contribution is 6.14. The molecule has 0 spiro atoms. The number of carbonyl (C=O) groups is 3. The first-order valence-electron chi connectivity index (χ1n) is 6.71. The lowest BCUT2D eigenvalue weighted by Gasteiger charge is -2.27. The van der Waals surface area contributed by atoms with E-state index in [0.717, 1.165) is 24.2 Å². The largest absolute Gasteiger partial charge is 0.464 e. The number of amides is 2. The Labute approximate surface area is 113 Å². The van der Waals surface area contributed by atoms with E-state index >= 15 is 0 Å². The third kappa shape index (κ3) is 3.91. The Morgan fingerprint density at radius 1 is 1.21 bits per heavy atom. The van der Waals surface area contributed by atoms with E-state index in [0.29, 0.717) is 6.61 Å². The molecule has 0 aromatic rings. The number of hydrogen-bond acceptors (Lipinski definition) is 4. The predicted molar refractivity (Wildman–Crippen MR) is 70.1 cm³/mol. The molecule has 0 saturated carbocycles. The zero-order chi connectivity index (χ0) is 14.4. The Hall–Kier alpha value is -1.65. The van der Waals surface area contributed by atoms with Gasteiger partial charge in [-0.2, -0.15) is 0 Å². The molecular weight excluding hydrogens is 246 g/mol. The second-order valence-corrected chi connectivity index (χ2v) is 4.94. The van der Waals surface area contributed by atoms with Gasteiger partial charge in [0.1, 0.15) is 6.04 Å². The van der Waals surface area contributed by atoms with Crippen molar-refractivity contribution in [3.05, 3.63) is 12.2 Å². The van der Waals surface area contributed by atoms with E-state index in [1.807, 2.05) is 0 Å². The van der Waals surface area contributed by atoms with Crippen molar-refractivity contribution in [2.24, 2.45) is 5.92 Å². The van der Waals surface area contributed by atoms with Crippen LogP contribution < -0.4 is 0 Å². The fraction of sp³-hybridized carbons (Fsp3) is 0.643. The fourth-order valence-corrected chi connectivity index (χ4v) is 1.97. The Morgan fingerprint density at radius 3 is 2.26 bits per heavy atom. The molecule has 1 aliphatic rings. The van der Waals surface area contributed by atoms with E-state index in [9.17, 15) is 14.4 Å². The van der Waals surface area contributed by atoms with Gasteiger partial charge in [-0.15, -0.1) is 0 Å². The van der Waals surface area contributed by atoms with Crippen LogP contribution in [0.2, 0.25) is 0 Å². The van der Waals surface area contributed by atoms with Gasteiger partial charge in [0, 0.05) is 12.2 Å². The molecule has 106 valence electrons. The van der Waals surface area contributed by atoms with Gasteiger partial charge < -0.3 is 4.74 Å². The molecule has 1 aliphatic heterocycles. The summed E-state index contributed by atoms with van der Waals surface area (Å²) in [6, 6.07) is -0.836. The van der Waals surface area contributed by atoms with Gasteiger partial charge in [0.25, 0.3) is 11.8 Å². The maximum absolute atomic E-state index is 12.0. The van der Waals surface area contributed by atoms with E-state index in [1.54, 1.807) is 13.8 Å². The third-order valence-electron chi connectivity index (χ3n) is 2.99. The van der Waals surface area contributed by atoms with E-state index in [1.165, 1.54) is 12.2 Å². The highest BCUT2D eigenvalue weighted by Crippen LogP contribution is 2.18. The summed E-state index contributed by atoms with van der Waals surface area (Å²) in [5, 5.41) is 0. The van der Waals surface area contributed by atoms with Crippen molar-refractivity contribution < 1.29 is 19.1 Å². The molecule has 0 unspecified atom stereocenters. The molecule has 0 bridgehead atoms. The van der Waals surface area contributed by atoms with Crippen LogP contribution >= 0.6 is 0 Å². The van der Waals surface area contributed by atoms with Crippen molar-refractivity contribution in [3.8, 4) is 0 Å². The first kappa shape index (κ1) is 15.4. The summed E-state index contributed by atoms with van der Waals surface area (Å²) in [5.74, 6) is -1.58. The Balaban J connectivity index is 2.65. The van der Waals surface area contributed by atoms with Crippen molar-refractivity contribution in [2.45, 2.75) is 46.1 Å². The van der Waals surface area contributed by atoms with Crippen molar-refractivity contribution >= 4 is 17.8 Å². The zero-order valence-corrected chi connectivity index (χ0v) is 11.7. The molecule has 0 aromatic carbocycles. The first-order chi connectivity index (χ1) is 8.99. The molecule has 0 radical (unpaired) electrons. The first-order valence-corrected chi connectivity index (χ1v) is 6.71. The SMILES string of the molecule is CCCCCOC(=O)[C@H](C(C)C)N1C(=O)C=CC1=O. The van der Waals surface area contributed by atoms with Crippen LogP contribution in [-0.2, 0) is 19.1 Å². The molecule has 0 N–H and O–H groups in total. The normalized spacial score (nSPS) is 16.3. The lowest BCUT2D eigenvalue weighted by molar-refractivity contribution is -0.159. The van der Waals surface area contributed by atoms with E-state index in [-0.39, 0.29) is 5.92 Å². The van der Waals surface area contributed by atoms with Crippen molar-refractivity contribution in [2.75, 3.05) is 6.61 Å². The summed E-state index contributed by atoms with van der Waals surface area (Å²) in [7, 11) is 0. The third-order valence-corrected chi connectivity index (χ3v) is 2.99. The molecular formula is C14H21NO4. The number of imide groups is 1. The predicted octanol–water partition coefficient (Wildman–Crippen LogP) is 1.67. The van der Waals surface area contributed by atoms with Crippen LogP contribution in [0.5, 0.6) is 0 Å². The van der Waals surface area contributed by atoms with Gasteiger partial charge in [-0.25, -0.2) is 4.79 Å². The average molecular weight is 267 g/mol. The molecule has 1 atom stereocenters. The number of carbonyl (C=O) groups excluding carboxylic acids is 3. The summed E-state index contributed by atoms with van der Waals surface area (Å²) >= 11 is 0. The summed E-state index contributed by atoms with van der Waals surface area (Å²) in [6.45, 7) is 5.97. The van der Waals surface area contributed by atoms with Crippen LogP contribution in [0.4, 0.5) is 0 Å². The molecule has 0 saturated heterocycles. The molecule has 1 rings (SSSR count). The molecule has 1 heterocycles. The second-order valence-electron chi connectivity index (χ2n) is 4.94. The van der Waals surface area contributed by atoms with Crippen LogP contribution in [0.15, 0.2) is 12.2 Å². The molecule has 0 aliphatic carbocycles. The van der Waals surface area contributed by atoms with E-state index < -0.39 is 23.8 Å². The number of ether oxygens (including phenoxy) is 1. The highest BCUT2D eigenvalue weighted by Gasteiger charge is 2.38. The Bertz CT molecular complexity index is 369. The maximum atomic E-state index is 12.0. The average Bonchev–Trinajstić information content (AvgIpc) is 2.66. The van der Waals surface area contributed by atoms with Crippen molar-refractivity contribution in [1.82, 2.24) is 4.90 Å². The van der Waals surface area contributed by atoms with Crippen LogP contribution in [0.25, 0.3) is 0 Å². The van der Waals surface area contributed by atoms with Gasteiger partial charge in [-0.1, -0.05) is 33.6 Å². The molecule has 0 fully saturated rings. The standard InChI is InChI=1S/C14H21NO4/c1-4-5-6-9-19-14(18)13(10(2)3)15-11(16)7-8-12(15)17/h7-8,10,13H,4-6,9H2,1-3H3/t13-/m0/s1. The quantitative estimate of drug-likeness (QED) is 0.400. The van der Waals surface area contributed by atoms with Gasteiger partial charge in [0.15, 0.2) is 0 Å². The van der Waals surface area contributed by atoms with E-state index in [2.05, 4.69) is 6.92 Å². The second kappa shape index (κ2) is 7.07. The van der Waals surface area contributed by atoms with Crippen LogP contribution in [0, 0.1) is 5.92 Å². The minimum atomic E-state index is -0.836. The van der Waals surface area contributed by atoms with Crippen LogP contribution in [0.3, 0.4) is 0 Å². The van der Waals surface area contributed by atoms with Gasteiger partial charge >= 0.3 is 5.97 Å². The van der Waals surface area contributed by atoms with Crippen molar-refractivity contribution in [1.29, 1.82) is 0 Å². The lowest BCUT2D eigenvalue weighted by Crippen LogP contribution is -2.48. The molecule has 2 amide bonds. The number of hydrogen-bond donors (Lipinski definition) is 0. The molecule has 0 aromatic heterocycles. The number of esters is 1. The van der Waals surface area contributed by atoms with Crippen molar-refractivity contribution in [3.63, 3.8) is 0 Å². The molecule has 19 heavy (non-hydrogen) atoms. The molecule has 5 heteroatoms. The van der Waals surface area contributed by atoms with E-state index in [4.69, 9.17) is 4.74 Å². The summed E-state index contributed by atoms with van der Waals surface area (Å²) in [5.41, 5.74) is 0. The zero-order valence-electron chi connectivity index (χ0n) is 11.7. The minimum absolute atomic E-state index is 0.175. The highest BCUT2D eigenvalue weighted by atomic mass is 16.5. The monoisotopic (exact) mass is 267 g/mol. The van der Waals surface area contributed by atoms with Crippen LogP contribution in [0.1, 0.15) is 40.0 Å². The number of nitrogens with zero attached hydrogens (tertiary/aromatic N) is 1. The molecule has 5 nitrogen and oxygen atoms in total. The topological polar surface area (TPSA) is 63.7 Å². The van der Waals surface area contributed by atoms with Crippen LogP contribution in [-0.4, -0.2) is 35.3 Å². The summed E-state index contributed by atoms with van der Waals surface area (Å²) in [4.78, 5) is 36.3.